The Morgan fingerprint density at radius 3 is 0.271 bits per heavy atom. The van der Waals surface area contributed by atoms with Gasteiger partial charge in [0.15, 0.2) is 0 Å². The van der Waals surface area contributed by atoms with Crippen LogP contribution in [0.4, 0.5) is 0 Å². The second-order valence-electron chi connectivity index (χ2n) is 26.5. The molecule has 0 unspecified atom stereocenters. The van der Waals surface area contributed by atoms with Gasteiger partial charge in [0, 0.05) is 114 Å². The summed E-state index contributed by atoms with van der Waals surface area (Å²) in [5.41, 5.74) is 0. The highest BCUT2D eigenvalue weighted by molar-refractivity contribution is 8.26. The van der Waals surface area contributed by atoms with Crippen LogP contribution in [0.25, 0.3) is 0 Å². The van der Waals surface area contributed by atoms with Gasteiger partial charge in [-0.2, -0.15) is 0 Å². The third-order valence-electron chi connectivity index (χ3n) is 22.2. The van der Waals surface area contributed by atoms with Crippen molar-refractivity contribution < 1.29 is 0 Å². The normalized spacial score (nSPS) is 38.0. The summed E-state index contributed by atoms with van der Waals surface area (Å²) in [5.74, 6) is 0. The lowest BCUT2D eigenvalue weighted by molar-refractivity contribution is 1.71. The van der Waals surface area contributed by atoms with Crippen molar-refractivity contribution in [2.75, 3.05) is 0 Å². The van der Waals surface area contributed by atoms with Crippen LogP contribution >= 0.6 is 0 Å². The lowest BCUT2D eigenvalue weighted by Gasteiger charge is -2.78. The molecule has 2 aliphatic heterocycles. The van der Waals surface area contributed by atoms with Gasteiger partial charge in [0.25, 0.3) is 0 Å². The average Bonchev–Trinajstić information content (AvgIpc) is 2.81. The van der Waals surface area contributed by atoms with E-state index in [2.05, 4.69) is 210 Å². The first-order chi connectivity index (χ1) is 20.0. The number of hydrogen-bond acceptors (Lipinski definition) is 0. The summed E-state index contributed by atoms with van der Waals surface area (Å²) >= 11 is 0. The molecular formula is C32H96Si16. The molecule has 2 saturated heterocycles. The van der Waals surface area contributed by atoms with Gasteiger partial charge >= 0.3 is 0 Å². The molecule has 288 valence electrons. The zero-order valence-electron chi connectivity index (χ0n) is 40.0. The second kappa shape index (κ2) is 12.5. The van der Waals surface area contributed by atoms with Gasteiger partial charge in [-0.3, -0.25) is 0 Å². The first-order valence-corrected chi connectivity index (χ1v) is 84.0. The molecule has 0 bridgehead atoms. The zero-order valence-corrected chi connectivity index (χ0v) is 56.0. The fraction of sp³-hybridized carbons (Fsp3) is 1.00. The van der Waals surface area contributed by atoms with Crippen LogP contribution in [0.5, 0.6) is 0 Å². The Labute approximate surface area is 320 Å². The van der Waals surface area contributed by atoms with E-state index in [1.165, 1.54) is 0 Å². The summed E-state index contributed by atoms with van der Waals surface area (Å²) < 4.78 is 0. The van der Waals surface area contributed by atoms with E-state index in [0.29, 0.717) is 0 Å². The molecule has 0 saturated carbocycles. The highest BCUT2D eigenvalue weighted by atomic mass is 30.4. The van der Waals surface area contributed by atoms with E-state index >= 15 is 0 Å². The molecule has 2 heterocycles. The van der Waals surface area contributed by atoms with Crippen LogP contribution in [-0.4, -0.2) is 114 Å². The monoisotopic (exact) mass is 928 g/mol. The third kappa shape index (κ3) is 5.34. The van der Waals surface area contributed by atoms with E-state index in [1.807, 2.05) is 0 Å². The van der Waals surface area contributed by atoms with Crippen LogP contribution in [0.3, 0.4) is 0 Å². The highest BCUT2D eigenvalue weighted by Gasteiger charge is 2.84. The van der Waals surface area contributed by atoms with E-state index in [-0.39, 0.29) is 0 Å². The summed E-state index contributed by atoms with van der Waals surface area (Å²) in [6, 6.07) is 0. The van der Waals surface area contributed by atoms with Crippen molar-refractivity contribution in [3.05, 3.63) is 0 Å². The molecule has 2 aliphatic rings. The van der Waals surface area contributed by atoms with Crippen molar-refractivity contribution in [2.24, 2.45) is 0 Å². The maximum atomic E-state index is 3.01. The van der Waals surface area contributed by atoms with E-state index in [4.69, 9.17) is 0 Å². The molecule has 2 rings (SSSR count). The maximum absolute atomic E-state index is 3.01. The van der Waals surface area contributed by atoms with E-state index < -0.39 is 114 Å². The van der Waals surface area contributed by atoms with Gasteiger partial charge in [-0.15, -0.1) is 0 Å². The van der Waals surface area contributed by atoms with Crippen molar-refractivity contribution in [3.8, 4) is 0 Å². The Morgan fingerprint density at radius 2 is 0.229 bits per heavy atom. The number of hydrogen-bond donors (Lipinski definition) is 0. The number of rotatable bonds is 4. The molecule has 0 radical (unpaired) electrons. The summed E-state index contributed by atoms with van der Waals surface area (Å²) in [4.78, 5) is 0. The summed E-state index contributed by atoms with van der Waals surface area (Å²) in [5, 5.41) is 0. The van der Waals surface area contributed by atoms with E-state index in [1.54, 1.807) is 0 Å². The van der Waals surface area contributed by atoms with Gasteiger partial charge in [-0.05, 0) is 0 Å². The Kier molecular flexibility index (Phi) is 12.9. The molecule has 16 heteroatoms. The predicted molar refractivity (Wildman–Crippen MR) is 280 cm³/mol. The Bertz CT molecular complexity index is 982. The average molecular weight is 930 g/mol. The van der Waals surface area contributed by atoms with Crippen LogP contribution < -0.4 is 0 Å². The Balaban J connectivity index is 0.000000480. The van der Waals surface area contributed by atoms with Gasteiger partial charge in [-0.1, -0.05) is 210 Å². The molecule has 0 N–H and O–H groups in total. The zero-order chi connectivity index (χ0) is 40.0. The highest BCUT2D eigenvalue weighted by Crippen LogP contribution is 2.58. The molecule has 0 aromatic rings. The lowest BCUT2D eigenvalue weighted by Crippen LogP contribution is -3.08. The van der Waals surface area contributed by atoms with Crippen molar-refractivity contribution in [2.45, 2.75) is 210 Å². The minimum absolute atomic E-state index is 1.08. The topological polar surface area (TPSA) is 0 Å². The molecule has 2 fully saturated rings. The molecule has 0 nitrogen and oxygen atoms in total. The smallest absolute Gasteiger partial charge is 0.0329 e. The van der Waals surface area contributed by atoms with Crippen molar-refractivity contribution in [3.63, 3.8) is 0 Å². The standard InChI is InChI=1S/2C16H48Si8/c2*1-17(2,3)23(15)19(7,8)21(11,12)24(16,18(4,5)6)22(13,14)20(23,9)10/h2*1-16H3. The molecule has 0 spiro atoms. The molecular weight excluding hydrogens is 834 g/mol. The summed E-state index contributed by atoms with van der Waals surface area (Å²) in [6.07, 6.45) is 0. The summed E-state index contributed by atoms with van der Waals surface area (Å²) in [7, 11) is -13.5. The minimum Gasteiger partial charge on any atom is -0.0750 e. The minimum atomic E-state index is -1.14. The molecule has 0 atom stereocenters. The third-order valence-corrected chi connectivity index (χ3v) is 470. The summed E-state index contributed by atoms with van der Waals surface area (Å²) in [6.45, 7) is 88.6. The van der Waals surface area contributed by atoms with Gasteiger partial charge in [0.1, 0.15) is 0 Å². The van der Waals surface area contributed by atoms with Crippen LogP contribution in [-0.2, 0) is 0 Å². The van der Waals surface area contributed by atoms with Gasteiger partial charge in [-0.25, -0.2) is 0 Å². The second-order valence-corrected chi connectivity index (χ2v) is 224. The van der Waals surface area contributed by atoms with E-state index in [9.17, 15) is 0 Å². The van der Waals surface area contributed by atoms with Crippen molar-refractivity contribution in [1.29, 1.82) is 0 Å². The van der Waals surface area contributed by atoms with Crippen LogP contribution in [0.15, 0.2) is 0 Å². The molecule has 48 heavy (non-hydrogen) atoms. The quantitative estimate of drug-likeness (QED) is 0.247. The maximum Gasteiger partial charge on any atom is 0.0329 e. The Morgan fingerprint density at radius 1 is 0.167 bits per heavy atom. The predicted octanol–water partition coefficient (Wildman–Crippen LogP) is 12.6. The van der Waals surface area contributed by atoms with Crippen LogP contribution in [0, 0.1) is 0 Å². The molecule has 0 amide bonds. The Hall–Kier alpha value is 3.47. The largest absolute Gasteiger partial charge is 0.0750 e. The first kappa shape index (κ1) is 49.5. The SMILES string of the molecule is C[Si](C)(C)[Si]1(C)[Si](C)(C)[Si](C)(C)[Si](C)([Si](C)(C)C)[Si](C)(C)[Si]1(C)C.C[Si](C)(C)[Si]1(C)[Si](C)(C)[Si](C)(C)[Si](C)([Si](C)(C)C)[Si](C)(C)[Si]1(C)C. The van der Waals surface area contributed by atoms with E-state index in [0.717, 1.165) is 0 Å². The fourth-order valence-corrected chi connectivity index (χ4v) is 827. The molecule has 0 aromatic carbocycles. The first-order valence-electron chi connectivity index (χ1n) is 20.0. The molecule has 0 aliphatic carbocycles. The van der Waals surface area contributed by atoms with Gasteiger partial charge in [0.05, 0.1) is 0 Å². The van der Waals surface area contributed by atoms with Crippen LogP contribution in [0.1, 0.15) is 0 Å². The lowest BCUT2D eigenvalue weighted by atomic mass is 11.8. The van der Waals surface area contributed by atoms with Gasteiger partial charge < -0.3 is 0 Å². The van der Waals surface area contributed by atoms with Crippen molar-refractivity contribution >= 4 is 114 Å². The van der Waals surface area contributed by atoms with Gasteiger partial charge in [0.2, 0.25) is 0 Å². The molecule has 0 aromatic heterocycles. The van der Waals surface area contributed by atoms with Crippen molar-refractivity contribution in [1.82, 2.24) is 0 Å². The fourth-order valence-electron chi connectivity index (χ4n) is 15.6. The van der Waals surface area contributed by atoms with Crippen LogP contribution in [0.2, 0.25) is 210 Å².